The molecule has 1 aromatic rings. The van der Waals surface area contributed by atoms with Crippen LogP contribution >= 0.6 is 22.6 Å². The third kappa shape index (κ3) is 3.33. The van der Waals surface area contributed by atoms with E-state index in [1.165, 1.54) is 19.2 Å². The zero-order valence-electron chi connectivity index (χ0n) is 9.00. The summed E-state index contributed by atoms with van der Waals surface area (Å²) in [6.45, 7) is 1.77. The smallest absolute Gasteiger partial charge is 0.347 e. The molecule has 5 heteroatoms. The first-order valence-corrected chi connectivity index (χ1v) is 5.86. The molecule has 1 rings (SSSR count). The van der Waals surface area contributed by atoms with Crippen LogP contribution in [0.25, 0.3) is 0 Å². The van der Waals surface area contributed by atoms with Crippen LogP contribution in [0.3, 0.4) is 0 Å². The van der Waals surface area contributed by atoms with Gasteiger partial charge in [0, 0.05) is 3.57 Å². The standard InChI is InChI=1S/C11H12FIO3/c1-3-9(11(14)15-2)16-10-5-4-7(13)6-8(10)12/h4-6,9H,3H2,1-2H3. The Labute approximate surface area is 107 Å². The molecule has 3 nitrogen and oxygen atoms in total. The first-order chi connectivity index (χ1) is 7.58. The van der Waals surface area contributed by atoms with E-state index in [0.717, 1.165) is 3.57 Å². The molecule has 0 aromatic heterocycles. The fraction of sp³-hybridized carbons (Fsp3) is 0.364. The highest BCUT2D eigenvalue weighted by atomic mass is 127. The lowest BCUT2D eigenvalue weighted by Gasteiger charge is -2.15. The highest BCUT2D eigenvalue weighted by molar-refractivity contribution is 14.1. The molecule has 0 aliphatic rings. The van der Waals surface area contributed by atoms with E-state index >= 15 is 0 Å². The Hall–Kier alpha value is -0.850. The Morgan fingerprint density at radius 3 is 2.75 bits per heavy atom. The monoisotopic (exact) mass is 338 g/mol. The molecule has 16 heavy (non-hydrogen) atoms. The predicted molar refractivity (Wildman–Crippen MR) is 65.8 cm³/mol. The van der Waals surface area contributed by atoms with E-state index in [4.69, 9.17) is 4.74 Å². The maximum absolute atomic E-state index is 13.4. The van der Waals surface area contributed by atoms with E-state index in [-0.39, 0.29) is 5.75 Å². The molecular weight excluding hydrogens is 326 g/mol. The SMILES string of the molecule is CCC(Oc1ccc(I)cc1F)C(=O)OC. The molecule has 1 unspecified atom stereocenters. The fourth-order valence-corrected chi connectivity index (χ4v) is 1.61. The molecule has 0 heterocycles. The Morgan fingerprint density at radius 2 is 2.25 bits per heavy atom. The number of benzene rings is 1. The van der Waals surface area contributed by atoms with Crippen LogP contribution in [0.1, 0.15) is 13.3 Å². The summed E-state index contributed by atoms with van der Waals surface area (Å²) in [5, 5.41) is 0. The Bertz CT molecular complexity index is 381. The van der Waals surface area contributed by atoms with Gasteiger partial charge in [-0.1, -0.05) is 6.92 Å². The molecule has 0 bridgehead atoms. The summed E-state index contributed by atoms with van der Waals surface area (Å²) in [6.07, 6.45) is -0.336. The third-order valence-corrected chi connectivity index (χ3v) is 2.67. The van der Waals surface area contributed by atoms with Gasteiger partial charge >= 0.3 is 5.97 Å². The van der Waals surface area contributed by atoms with Crippen LogP contribution in [0.15, 0.2) is 18.2 Å². The molecule has 0 saturated heterocycles. The van der Waals surface area contributed by atoms with Gasteiger partial charge in [0.2, 0.25) is 0 Å². The molecule has 0 fully saturated rings. The molecule has 1 aromatic carbocycles. The minimum Gasteiger partial charge on any atom is -0.476 e. The third-order valence-electron chi connectivity index (χ3n) is 2.00. The summed E-state index contributed by atoms with van der Waals surface area (Å²) in [4.78, 5) is 11.3. The van der Waals surface area contributed by atoms with Crippen LogP contribution in [0, 0.1) is 9.39 Å². The molecule has 88 valence electrons. The van der Waals surface area contributed by atoms with Crippen molar-refractivity contribution in [1.82, 2.24) is 0 Å². The van der Waals surface area contributed by atoms with Crippen LogP contribution in [0.5, 0.6) is 5.75 Å². The number of carbonyl (C=O) groups is 1. The van der Waals surface area contributed by atoms with Gasteiger partial charge < -0.3 is 9.47 Å². The van der Waals surface area contributed by atoms with Gasteiger partial charge in [-0.25, -0.2) is 9.18 Å². The number of rotatable bonds is 4. The number of hydrogen-bond acceptors (Lipinski definition) is 3. The number of hydrogen-bond donors (Lipinski definition) is 0. The zero-order chi connectivity index (χ0) is 12.1. The second-order valence-electron chi connectivity index (χ2n) is 3.11. The lowest BCUT2D eigenvalue weighted by Crippen LogP contribution is -2.28. The number of carbonyl (C=O) groups excluding carboxylic acids is 1. The molecule has 0 amide bonds. The highest BCUT2D eigenvalue weighted by Gasteiger charge is 2.20. The van der Waals surface area contributed by atoms with Gasteiger partial charge in [-0.2, -0.15) is 0 Å². The van der Waals surface area contributed by atoms with Crippen LogP contribution < -0.4 is 4.74 Å². The van der Waals surface area contributed by atoms with Crippen molar-refractivity contribution in [2.75, 3.05) is 7.11 Å². The second kappa shape index (κ2) is 6.03. The van der Waals surface area contributed by atoms with E-state index in [2.05, 4.69) is 4.74 Å². The van der Waals surface area contributed by atoms with Crippen molar-refractivity contribution in [1.29, 1.82) is 0 Å². The van der Waals surface area contributed by atoms with Crippen LogP contribution in [-0.4, -0.2) is 19.2 Å². The summed E-state index contributed by atoms with van der Waals surface area (Å²) in [7, 11) is 1.28. The average Bonchev–Trinajstić information content (AvgIpc) is 2.27. The lowest BCUT2D eigenvalue weighted by molar-refractivity contribution is -0.149. The summed E-state index contributed by atoms with van der Waals surface area (Å²) < 4.78 is 24.0. The van der Waals surface area contributed by atoms with E-state index in [0.29, 0.717) is 6.42 Å². The normalized spacial score (nSPS) is 12.0. The molecule has 0 spiro atoms. The molecule has 0 radical (unpaired) electrons. The zero-order valence-corrected chi connectivity index (χ0v) is 11.2. The van der Waals surface area contributed by atoms with Crippen molar-refractivity contribution >= 4 is 28.6 Å². The maximum atomic E-state index is 13.4. The molecule has 0 saturated carbocycles. The Morgan fingerprint density at radius 1 is 1.56 bits per heavy atom. The van der Waals surface area contributed by atoms with Crippen molar-refractivity contribution in [3.63, 3.8) is 0 Å². The number of methoxy groups -OCH3 is 1. The fourth-order valence-electron chi connectivity index (χ4n) is 1.15. The van der Waals surface area contributed by atoms with Gasteiger partial charge in [-0.15, -0.1) is 0 Å². The first-order valence-electron chi connectivity index (χ1n) is 4.78. The van der Waals surface area contributed by atoms with Crippen LogP contribution in [0.2, 0.25) is 0 Å². The van der Waals surface area contributed by atoms with Crippen molar-refractivity contribution in [3.05, 3.63) is 27.6 Å². The Balaban J connectivity index is 2.82. The largest absolute Gasteiger partial charge is 0.476 e. The topological polar surface area (TPSA) is 35.5 Å². The van der Waals surface area contributed by atoms with Gasteiger partial charge in [-0.3, -0.25) is 0 Å². The molecule has 0 aliphatic heterocycles. The number of ether oxygens (including phenoxy) is 2. The second-order valence-corrected chi connectivity index (χ2v) is 4.36. The van der Waals surface area contributed by atoms with Gasteiger partial charge in [0.1, 0.15) is 0 Å². The summed E-state index contributed by atoms with van der Waals surface area (Å²) in [6, 6.07) is 4.56. The van der Waals surface area contributed by atoms with E-state index in [1.54, 1.807) is 13.0 Å². The summed E-state index contributed by atoms with van der Waals surface area (Å²) in [5.74, 6) is -0.910. The molecule has 0 aliphatic carbocycles. The predicted octanol–water partition coefficient (Wildman–Crippen LogP) is 2.76. The van der Waals surface area contributed by atoms with Gasteiger partial charge in [-0.05, 0) is 47.2 Å². The molecule has 1 atom stereocenters. The van der Waals surface area contributed by atoms with Gasteiger partial charge in [0.05, 0.1) is 7.11 Å². The van der Waals surface area contributed by atoms with E-state index in [9.17, 15) is 9.18 Å². The average molecular weight is 338 g/mol. The van der Waals surface area contributed by atoms with E-state index in [1.807, 2.05) is 22.6 Å². The minimum absolute atomic E-state index is 0.0673. The van der Waals surface area contributed by atoms with Crippen molar-refractivity contribution in [2.24, 2.45) is 0 Å². The summed E-state index contributed by atoms with van der Waals surface area (Å²) in [5.41, 5.74) is 0. The van der Waals surface area contributed by atoms with Crippen molar-refractivity contribution < 1.29 is 18.7 Å². The quantitative estimate of drug-likeness (QED) is 0.626. The van der Waals surface area contributed by atoms with E-state index < -0.39 is 17.9 Å². The lowest BCUT2D eigenvalue weighted by atomic mass is 10.2. The number of esters is 1. The number of halogens is 2. The Kier molecular flexibility index (Phi) is 4.98. The molecular formula is C11H12FIO3. The maximum Gasteiger partial charge on any atom is 0.347 e. The molecule has 0 N–H and O–H groups in total. The summed E-state index contributed by atoms with van der Waals surface area (Å²) >= 11 is 2.00. The van der Waals surface area contributed by atoms with Crippen LogP contribution in [0.4, 0.5) is 4.39 Å². The minimum atomic E-state index is -0.764. The van der Waals surface area contributed by atoms with Crippen LogP contribution in [-0.2, 0) is 9.53 Å². The highest BCUT2D eigenvalue weighted by Crippen LogP contribution is 2.21. The van der Waals surface area contributed by atoms with Crippen molar-refractivity contribution in [3.8, 4) is 5.75 Å². The first kappa shape index (κ1) is 13.2. The van der Waals surface area contributed by atoms with Gasteiger partial charge in [0.15, 0.2) is 17.7 Å². The van der Waals surface area contributed by atoms with Crippen molar-refractivity contribution in [2.45, 2.75) is 19.4 Å². The van der Waals surface area contributed by atoms with Gasteiger partial charge in [0.25, 0.3) is 0 Å².